The summed E-state index contributed by atoms with van der Waals surface area (Å²) in [4.78, 5) is 40.0. The Bertz CT molecular complexity index is 1510. The summed E-state index contributed by atoms with van der Waals surface area (Å²) in [5.41, 5.74) is 5.38. The van der Waals surface area contributed by atoms with Crippen molar-refractivity contribution in [3.63, 3.8) is 0 Å². The van der Waals surface area contributed by atoms with Crippen LogP contribution in [0.1, 0.15) is 17.3 Å². The van der Waals surface area contributed by atoms with Gasteiger partial charge in [-0.2, -0.15) is 0 Å². The molecule has 3 aromatic carbocycles. The third kappa shape index (κ3) is 4.75. The molecular weight excluding hydrogens is 476 g/mol. The number of aliphatic hydroxyl groups is 1. The summed E-state index contributed by atoms with van der Waals surface area (Å²) in [6, 6.07) is 9.51. The van der Waals surface area contributed by atoms with E-state index < -0.39 is 22.9 Å². The molecule has 1 amide bonds. The number of ether oxygens (including phenoxy) is 2. The van der Waals surface area contributed by atoms with Gasteiger partial charge in [0, 0.05) is 30.3 Å². The standard InChI is InChI=1S/C24H21ClN4O6/c1-11(30)10-28-20-21(23(32)22(20)31)29-16-4-3-12(7-15(16)25)35-18-5-6-27-17-9-19(34-2)14(24(26)33)8-13(17)18/h3-9,11,28-30H,10H2,1-2H3,(H2,26,33). The molecule has 1 aromatic heterocycles. The summed E-state index contributed by atoms with van der Waals surface area (Å²) in [6.07, 6.45) is 0.850. The number of hydrogen-bond acceptors (Lipinski definition) is 9. The van der Waals surface area contributed by atoms with Gasteiger partial charge in [0.15, 0.2) is 0 Å². The van der Waals surface area contributed by atoms with Crippen molar-refractivity contribution in [2.75, 3.05) is 24.3 Å². The fraction of sp³-hybridized carbons (Fsp3) is 0.167. The highest BCUT2D eigenvalue weighted by Crippen LogP contribution is 2.36. The Balaban J connectivity index is 1.60. The van der Waals surface area contributed by atoms with Crippen molar-refractivity contribution in [2.45, 2.75) is 13.0 Å². The van der Waals surface area contributed by atoms with Crippen molar-refractivity contribution >= 4 is 45.5 Å². The molecule has 1 atom stereocenters. The van der Waals surface area contributed by atoms with E-state index in [4.69, 9.17) is 26.8 Å². The number of nitrogens with two attached hydrogens (primary N) is 1. The second-order valence-corrected chi connectivity index (χ2v) is 8.16. The largest absolute Gasteiger partial charge is 0.496 e. The Hall–Kier alpha value is -4.15. The molecule has 0 bridgehead atoms. The summed E-state index contributed by atoms with van der Waals surface area (Å²) in [6.45, 7) is 1.67. The van der Waals surface area contributed by atoms with E-state index in [-0.39, 0.29) is 28.5 Å². The third-order valence-electron chi connectivity index (χ3n) is 5.20. The number of benzene rings is 2. The maximum atomic E-state index is 12.0. The number of hydrogen-bond donors (Lipinski definition) is 4. The molecule has 11 heteroatoms. The minimum atomic E-state index is -0.698. The van der Waals surface area contributed by atoms with Crippen LogP contribution in [0.25, 0.3) is 10.9 Å². The second kappa shape index (κ2) is 9.61. The van der Waals surface area contributed by atoms with Gasteiger partial charge in [-0.25, -0.2) is 0 Å². The van der Waals surface area contributed by atoms with Crippen molar-refractivity contribution in [1.29, 1.82) is 0 Å². The lowest BCUT2D eigenvalue weighted by Gasteiger charge is -2.17. The van der Waals surface area contributed by atoms with E-state index in [0.29, 0.717) is 33.8 Å². The summed E-state index contributed by atoms with van der Waals surface area (Å²) in [5.74, 6) is 0.428. The van der Waals surface area contributed by atoms with E-state index in [1.54, 1.807) is 43.5 Å². The molecule has 0 aliphatic carbocycles. The number of rotatable bonds is 9. The van der Waals surface area contributed by atoms with Gasteiger partial charge in [-0.3, -0.25) is 19.4 Å². The predicted molar refractivity (Wildman–Crippen MR) is 133 cm³/mol. The van der Waals surface area contributed by atoms with Crippen LogP contribution in [-0.2, 0) is 0 Å². The molecule has 0 aliphatic rings. The lowest BCUT2D eigenvalue weighted by atomic mass is 10.1. The van der Waals surface area contributed by atoms with E-state index in [1.165, 1.54) is 13.2 Å². The molecule has 4 rings (SSSR count). The number of pyridine rings is 1. The lowest BCUT2D eigenvalue weighted by Crippen LogP contribution is -2.37. The molecule has 0 radical (unpaired) electrons. The van der Waals surface area contributed by atoms with Crippen LogP contribution in [0.3, 0.4) is 0 Å². The first-order valence-corrected chi connectivity index (χ1v) is 10.8. The van der Waals surface area contributed by atoms with E-state index in [1.807, 2.05) is 0 Å². The number of carbonyl (C=O) groups is 1. The van der Waals surface area contributed by atoms with Crippen molar-refractivity contribution in [1.82, 2.24) is 4.98 Å². The molecule has 0 saturated carbocycles. The Kier molecular flexibility index (Phi) is 6.59. The monoisotopic (exact) mass is 496 g/mol. The van der Waals surface area contributed by atoms with Gasteiger partial charge >= 0.3 is 0 Å². The van der Waals surface area contributed by atoms with E-state index in [2.05, 4.69) is 15.6 Å². The zero-order valence-corrected chi connectivity index (χ0v) is 19.5. The molecular formula is C24H21ClN4O6. The van der Waals surface area contributed by atoms with Gasteiger partial charge in [0.25, 0.3) is 16.8 Å². The van der Waals surface area contributed by atoms with Crippen LogP contribution < -0.4 is 36.7 Å². The number of nitrogens with zero attached hydrogens (tertiary/aromatic N) is 1. The average molecular weight is 497 g/mol. The highest BCUT2D eigenvalue weighted by atomic mass is 35.5. The maximum absolute atomic E-state index is 12.0. The first-order valence-electron chi connectivity index (χ1n) is 10.5. The fourth-order valence-electron chi connectivity index (χ4n) is 3.45. The molecule has 10 nitrogen and oxygen atoms in total. The van der Waals surface area contributed by atoms with Gasteiger partial charge in [0.05, 0.1) is 35.0 Å². The predicted octanol–water partition coefficient (Wildman–Crippen LogP) is 2.92. The number of carbonyl (C=O) groups excluding carboxylic acids is 1. The molecule has 1 heterocycles. The van der Waals surface area contributed by atoms with Gasteiger partial charge < -0.3 is 30.9 Å². The number of methoxy groups -OCH3 is 1. The Labute approximate surface area is 203 Å². The van der Waals surface area contributed by atoms with Crippen LogP contribution in [0.2, 0.25) is 5.02 Å². The highest BCUT2D eigenvalue weighted by molar-refractivity contribution is 6.33. The Morgan fingerprint density at radius 2 is 1.89 bits per heavy atom. The summed E-state index contributed by atoms with van der Waals surface area (Å²) < 4.78 is 11.2. The third-order valence-corrected chi connectivity index (χ3v) is 5.51. The highest BCUT2D eigenvalue weighted by Gasteiger charge is 2.22. The van der Waals surface area contributed by atoms with Gasteiger partial charge in [0.1, 0.15) is 28.6 Å². The van der Waals surface area contributed by atoms with Crippen molar-refractivity contribution in [3.8, 4) is 17.2 Å². The SMILES string of the molecule is COc1cc2nccc(Oc3ccc(Nc4c(NCC(C)O)c(=O)c4=O)c(Cl)c3)c2cc1C(N)=O. The minimum absolute atomic E-state index is 0.0688. The normalized spacial score (nSPS) is 11.9. The van der Waals surface area contributed by atoms with Crippen molar-refractivity contribution in [2.24, 2.45) is 5.73 Å². The molecule has 180 valence electrons. The Morgan fingerprint density at radius 3 is 2.54 bits per heavy atom. The second-order valence-electron chi connectivity index (χ2n) is 7.75. The fourth-order valence-corrected chi connectivity index (χ4v) is 3.67. The molecule has 0 spiro atoms. The average Bonchev–Trinajstić information content (AvgIpc) is 2.83. The Morgan fingerprint density at radius 1 is 1.14 bits per heavy atom. The van der Waals surface area contributed by atoms with Crippen LogP contribution >= 0.6 is 11.6 Å². The maximum Gasteiger partial charge on any atom is 0.253 e. The zero-order chi connectivity index (χ0) is 25.3. The summed E-state index contributed by atoms with van der Waals surface area (Å²) in [7, 11) is 1.43. The zero-order valence-electron chi connectivity index (χ0n) is 18.7. The van der Waals surface area contributed by atoms with Crippen LogP contribution in [0, 0.1) is 0 Å². The number of nitrogens with one attached hydrogen (secondary N) is 2. The van der Waals surface area contributed by atoms with Gasteiger partial charge in [0.2, 0.25) is 0 Å². The number of amides is 1. The van der Waals surface area contributed by atoms with Crippen LogP contribution in [-0.4, -0.2) is 35.8 Å². The van der Waals surface area contributed by atoms with Gasteiger partial charge in [-0.15, -0.1) is 0 Å². The minimum Gasteiger partial charge on any atom is -0.496 e. The van der Waals surface area contributed by atoms with Gasteiger partial charge in [-0.1, -0.05) is 11.6 Å². The van der Waals surface area contributed by atoms with Gasteiger partial charge in [-0.05, 0) is 31.2 Å². The molecule has 35 heavy (non-hydrogen) atoms. The number of primary amides is 1. The topological polar surface area (TPSA) is 153 Å². The number of anilines is 3. The molecule has 4 aromatic rings. The smallest absolute Gasteiger partial charge is 0.253 e. The summed E-state index contributed by atoms with van der Waals surface area (Å²) >= 11 is 6.39. The van der Waals surface area contributed by atoms with Crippen LogP contribution in [0.5, 0.6) is 17.2 Å². The van der Waals surface area contributed by atoms with Crippen molar-refractivity contribution < 1.29 is 19.4 Å². The summed E-state index contributed by atoms with van der Waals surface area (Å²) in [5, 5.41) is 15.8. The van der Waals surface area contributed by atoms with E-state index in [0.717, 1.165) is 0 Å². The van der Waals surface area contributed by atoms with Crippen molar-refractivity contribution in [3.05, 3.63) is 73.6 Å². The van der Waals surface area contributed by atoms with Crippen LogP contribution in [0.4, 0.5) is 17.1 Å². The van der Waals surface area contributed by atoms with Crippen LogP contribution in [0.15, 0.2) is 52.2 Å². The molecule has 0 aliphatic heterocycles. The first-order chi connectivity index (χ1) is 16.7. The number of aliphatic hydroxyl groups excluding tert-OH is 1. The lowest BCUT2D eigenvalue weighted by molar-refractivity contribution is 0.0997. The molecule has 0 fully saturated rings. The quantitative estimate of drug-likeness (QED) is 0.256. The molecule has 5 N–H and O–H groups in total. The first kappa shape index (κ1) is 24.0. The number of fused-ring (bicyclic) bond motifs is 1. The number of aromatic nitrogens is 1. The number of halogens is 1. The molecule has 1 unspecified atom stereocenters. The van der Waals surface area contributed by atoms with E-state index in [9.17, 15) is 19.5 Å². The molecule has 0 saturated heterocycles. The van der Waals surface area contributed by atoms with E-state index >= 15 is 0 Å².